The minimum absolute atomic E-state index is 0.00907. The van der Waals surface area contributed by atoms with Crippen LogP contribution >= 0.6 is 0 Å². The van der Waals surface area contributed by atoms with Crippen molar-refractivity contribution in [2.75, 3.05) is 58.3 Å². The van der Waals surface area contributed by atoms with Crippen LogP contribution in [0.2, 0.25) is 0 Å². The molecule has 2 amide bonds. The maximum Gasteiger partial charge on any atom is 0.270 e. The number of anilines is 1. The first-order chi connectivity index (χ1) is 12.8. The van der Waals surface area contributed by atoms with E-state index in [9.17, 15) is 19.7 Å². The van der Waals surface area contributed by atoms with Crippen LogP contribution in [0, 0.1) is 10.1 Å². The van der Waals surface area contributed by atoms with E-state index in [2.05, 4.69) is 5.32 Å². The molecule has 2 rings (SSSR count). The van der Waals surface area contributed by atoms with Crippen molar-refractivity contribution in [3.63, 3.8) is 0 Å². The minimum atomic E-state index is -0.497. The zero-order chi connectivity index (χ0) is 20.0. The quantitative estimate of drug-likeness (QED) is 0.561. The number of carbonyl (C=O) groups excluding carboxylic acids is 2. The van der Waals surface area contributed by atoms with Gasteiger partial charge in [0.25, 0.3) is 11.6 Å². The van der Waals surface area contributed by atoms with Crippen molar-refractivity contribution < 1.29 is 14.5 Å². The van der Waals surface area contributed by atoms with Gasteiger partial charge < -0.3 is 15.1 Å². The smallest absolute Gasteiger partial charge is 0.270 e. The molecule has 1 fully saturated rings. The number of nitro benzene ring substituents is 1. The maximum atomic E-state index is 12.9. The second-order valence-corrected chi connectivity index (χ2v) is 6.77. The molecule has 9 nitrogen and oxygen atoms in total. The van der Waals surface area contributed by atoms with Crippen LogP contribution < -0.4 is 10.2 Å². The lowest BCUT2D eigenvalue weighted by Gasteiger charge is -2.34. The first-order valence-electron chi connectivity index (χ1n) is 9.07. The van der Waals surface area contributed by atoms with Crippen LogP contribution in [0.15, 0.2) is 18.2 Å². The summed E-state index contributed by atoms with van der Waals surface area (Å²) < 4.78 is 0. The molecule has 0 radical (unpaired) electrons. The second-order valence-electron chi connectivity index (χ2n) is 6.77. The summed E-state index contributed by atoms with van der Waals surface area (Å²) in [6.45, 7) is 5.14. The summed E-state index contributed by atoms with van der Waals surface area (Å²) in [6, 6.07) is 4.33. The Labute approximate surface area is 159 Å². The number of rotatable bonds is 7. The molecular formula is C18H27N5O4. The number of nitrogens with zero attached hydrogens (tertiary/aromatic N) is 4. The molecule has 148 valence electrons. The third kappa shape index (κ3) is 5.40. The number of carbonyl (C=O) groups is 2. The van der Waals surface area contributed by atoms with Crippen molar-refractivity contribution >= 4 is 23.2 Å². The van der Waals surface area contributed by atoms with Gasteiger partial charge in [0.15, 0.2) is 0 Å². The molecule has 0 bridgehead atoms. The van der Waals surface area contributed by atoms with Crippen molar-refractivity contribution in [3.8, 4) is 0 Å². The molecule has 0 aliphatic carbocycles. The van der Waals surface area contributed by atoms with E-state index in [-0.39, 0.29) is 17.5 Å². The van der Waals surface area contributed by atoms with Crippen molar-refractivity contribution in [3.05, 3.63) is 33.9 Å². The highest BCUT2D eigenvalue weighted by Gasteiger charge is 2.26. The lowest BCUT2D eigenvalue weighted by molar-refractivity contribution is -0.384. The molecule has 1 aromatic carbocycles. The summed E-state index contributed by atoms with van der Waals surface area (Å²) in [5, 5.41) is 13.9. The summed E-state index contributed by atoms with van der Waals surface area (Å²) in [5.74, 6) is -0.234. The Morgan fingerprint density at radius 1 is 1.22 bits per heavy atom. The van der Waals surface area contributed by atoms with E-state index in [0.29, 0.717) is 50.5 Å². The monoisotopic (exact) mass is 377 g/mol. The highest BCUT2D eigenvalue weighted by Crippen LogP contribution is 2.26. The molecule has 1 aliphatic heterocycles. The van der Waals surface area contributed by atoms with E-state index in [4.69, 9.17) is 0 Å². The zero-order valence-corrected chi connectivity index (χ0v) is 16.1. The molecule has 0 spiro atoms. The van der Waals surface area contributed by atoms with Gasteiger partial charge in [0.1, 0.15) is 0 Å². The fourth-order valence-electron chi connectivity index (χ4n) is 3.00. The third-order valence-corrected chi connectivity index (χ3v) is 4.50. The summed E-state index contributed by atoms with van der Waals surface area (Å²) in [4.78, 5) is 40.8. The van der Waals surface area contributed by atoms with Crippen molar-refractivity contribution in [2.45, 2.75) is 13.3 Å². The van der Waals surface area contributed by atoms with Gasteiger partial charge >= 0.3 is 0 Å². The normalized spacial score (nSPS) is 14.7. The Morgan fingerprint density at radius 2 is 1.89 bits per heavy atom. The van der Waals surface area contributed by atoms with Crippen molar-refractivity contribution in [2.24, 2.45) is 0 Å². The van der Waals surface area contributed by atoms with Crippen LogP contribution in [-0.4, -0.2) is 79.9 Å². The van der Waals surface area contributed by atoms with E-state index in [1.54, 1.807) is 30.0 Å². The fraction of sp³-hybridized carbons (Fsp3) is 0.556. The number of amides is 2. The molecule has 0 atom stereocenters. The van der Waals surface area contributed by atoms with Gasteiger partial charge in [0.05, 0.1) is 17.0 Å². The Hall–Kier alpha value is -2.68. The Bertz CT molecular complexity index is 699. The summed E-state index contributed by atoms with van der Waals surface area (Å²) in [5.41, 5.74) is 0.866. The topological polar surface area (TPSA) is 99.0 Å². The first kappa shape index (κ1) is 20.6. The van der Waals surface area contributed by atoms with Crippen LogP contribution in [0.3, 0.4) is 0 Å². The predicted octanol–water partition coefficient (Wildman–Crippen LogP) is 0.945. The molecule has 9 heteroatoms. The van der Waals surface area contributed by atoms with Gasteiger partial charge in [-0.1, -0.05) is 6.92 Å². The Balaban J connectivity index is 2.04. The number of hydrogen-bond acceptors (Lipinski definition) is 6. The van der Waals surface area contributed by atoms with Crippen LogP contribution in [0.1, 0.15) is 23.7 Å². The summed E-state index contributed by atoms with van der Waals surface area (Å²) in [6.07, 6.45) is 0.894. The van der Waals surface area contributed by atoms with Gasteiger partial charge in [-0.25, -0.2) is 0 Å². The summed E-state index contributed by atoms with van der Waals surface area (Å²) >= 11 is 0. The highest BCUT2D eigenvalue weighted by molar-refractivity contribution is 6.00. The average molecular weight is 377 g/mol. The van der Waals surface area contributed by atoms with E-state index in [1.165, 1.54) is 12.1 Å². The lowest BCUT2D eigenvalue weighted by atomic mass is 10.1. The van der Waals surface area contributed by atoms with Crippen LogP contribution in [0.25, 0.3) is 0 Å². The van der Waals surface area contributed by atoms with Gasteiger partial charge in [-0.15, -0.1) is 0 Å². The first-order valence-corrected chi connectivity index (χ1v) is 9.07. The van der Waals surface area contributed by atoms with Crippen LogP contribution in [0.5, 0.6) is 0 Å². The Morgan fingerprint density at radius 3 is 2.44 bits per heavy atom. The fourth-order valence-corrected chi connectivity index (χ4v) is 3.00. The van der Waals surface area contributed by atoms with E-state index >= 15 is 0 Å². The molecule has 0 saturated carbocycles. The molecule has 1 aliphatic rings. The number of non-ortho nitro benzene ring substituents is 1. The number of nitro groups is 1. The van der Waals surface area contributed by atoms with Crippen LogP contribution in [0.4, 0.5) is 11.4 Å². The van der Waals surface area contributed by atoms with E-state index < -0.39 is 4.92 Å². The predicted molar refractivity (Wildman–Crippen MR) is 103 cm³/mol. The van der Waals surface area contributed by atoms with Crippen LogP contribution in [-0.2, 0) is 4.79 Å². The largest absolute Gasteiger partial charge is 0.377 e. The minimum Gasteiger partial charge on any atom is -0.377 e. The number of piperazine rings is 1. The molecular weight excluding hydrogens is 350 g/mol. The molecule has 27 heavy (non-hydrogen) atoms. The van der Waals surface area contributed by atoms with E-state index in [1.807, 2.05) is 11.8 Å². The number of nitrogens with one attached hydrogen (secondary N) is 1. The van der Waals surface area contributed by atoms with Crippen molar-refractivity contribution in [1.29, 1.82) is 0 Å². The molecule has 0 aromatic heterocycles. The van der Waals surface area contributed by atoms with Crippen molar-refractivity contribution in [1.82, 2.24) is 15.1 Å². The highest BCUT2D eigenvalue weighted by atomic mass is 16.6. The second kappa shape index (κ2) is 9.31. The zero-order valence-electron chi connectivity index (χ0n) is 16.1. The molecule has 1 N–H and O–H groups in total. The third-order valence-electron chi connectivity index (χ3n) is 4.50. The molecule has 0 unspecified atom stereocenters. The van der Waals surface area contributed by atoms with Gasteiger partial charge in [-0.05, 0) is 12.5 Å². The molecule has 1 saturated heterocycles. The molecule has 1 heterocycles. The average Bonchev–Trinajstić information content (AvgIpc) is 2.65. The number of benzene rings is 1. The SMILES string of the molecule is CCCNC(=O)CN1CCN(C(=O)c2cc([N+](=O)[O-])ccc2N(C)C)CC1. The van der Waals surface area contributed by atoms with E-state index in [0.717, 1.165) is 6.42 Å². The van der Waals surface area contributed by atoms with Gasteiger partial charge in [-0.3, -0.25) is 24.6 Å². The lowest BCUT2D eigenvalue weighted by Crippen LogP contribution is -2.51. The standard InChI is InChI=1S/C18H27N5O4/c1-4-7-19-17(24)13-21-8-10-22(11-9-21)18(25)15-12-14(23(26)27)5-6-16(15)20(2)3/h5-6,12H,4,7-11,13H2,1-3H3,(H,19,24). The van der Waals surface area contributed by atoms with Gasteiger partial charge in [-0.2, -0.15) is 0 Å². The molecule has 1 aromatic rings. The summed E-state index contributed by atoms with van der Waals surface area (Å²) in [7, 11) is 3.59. The number of hydrogen-bond donors (Lipinski definition) is 1. The van der Waals surface area contributed by atoms with Gasteiger partial charge in [0.2, 0.25) is 5.91 Å². The maximum absolute atomic E-state index is 12.9. The Kier molecular flexibility index (Phi) is 7.12. The van der Waals surface area contributed by atoms with Gasteiger partial charge in [0, 0.05) is 64.6 Å².